The quantitative estimate of drug-likeness (QED) is 0.797. The lowest BCUT2D eigenvalue weighted by Crippen LogP contribution is -2.20. The van der Waals surface area contributed by atoms with Crippen molar-refractivity contribution in [2.24, 2.45) is 0 Å². The molecule has 0 unspecified atom stereocenters. The third kappa shape index (κ3) is 4.46. The molecule has 2 rings (SSSR count). The first kappa shape index (κ1) is 15.8. The summed E-state index contributed by atoms with van der Waals surface area (Å²) in [5.41, 5.74) is 0.966. The molecule has 0 saturated carbocycles. The second-order valence-electron chi connectivity index (χ2n) is 4.47. The smallest absolute Gasteiger partial charge is 0.323 e. The predicted octanol–water partition coefficient (Wildman–Crippen LogP) is 4.08. The molecule has 0 aliphatic heterocycles. The van der Waals surface area contributed by atoms with Crippen LogP contribution < -0.4 is 16.0 Å². The topological polar surface area (TPSA) is 70.2 Å². The van der Waals surface area contributed by atoms with Gasteiger partial charge in [-0.25, -0.2) is 9.18 Å². The predicted molar refractivity (Wildman–Crippen MR) is 84.8 cm³/mol. The maximum atomic E-state index is 13.5. The van der Waals surface area contributed by atoms with Crippen molar-refractivity contribution in [1.82, 2.24) is 0 Å². The number of nitrogens with one attached hydrogen (secondary N) is 3. The fourth-order valence-corrected chi connectivity index (χ4v) is 1.93. The van der Waals surface area contributed by atoms with Crippen molar-refractivity contribution in [3.05, 3.63) is 53.3 Å². The maximum absolute atomic E-state index is 13.5. The normalized spacial score (nSPS) is 9.95. The van der Waals surface area contributed by atoms with Crippen molar-refractivity contribution in [3.63, 3.8) is 0 Å². The van der Waals surface area contributed by atoms with Crippen molar-refractivity contribution < 1.29 is 14.0 Å². The van der Waals surface area contributed by atoms with Gasteiger partial charge in [-0.3, -0.25) is 4.79 Å². The Morgan fingerprint density at radius 2 is 1.68 bits per heavy atom. The molecule has 2 aromatic carbocycles. The van der Waals surface area contributed by atoms with E-state index in [0.717, 1.165) is 6.07 Å². The molecule has 0 aliphatic rings. The summed E-state index contributed by atoms with van der Waals surface area (Å²) in [6.45, 7) is 1.38. The van der Waals surface area contributed by atoms with E-state index in [-0.39, 0.29) is 11.6 Å². The molecule has 0 atom stereocenters. The molecule has 0 aliphatic carbocycles. The molecular formula is C15H13ClFN3O2. The van der Waals surface area contributed by atoms with Crippen molar-refractivity contribution in [2.75, 3.05) is 16.0 Å². The highest BCUT2D eigenvalue weighted by Gasteiger charge is 2.08. The Bertz CT molecular complexity index is 722. The third-order valence-corrected chi connectivity index (χ3v) is 2.85. The van der Waals surface area contributed by atoms with Crippen LogP contribution in [-0.2, 0) is 4.79 Å². The number of carbonyl (C=O) groups is 2. The van der Waals surface area contributed by atoms with Gasteiger partial charge in [-0.1, -0.05) is 17.7 Å². The van der Waals surface area contributed by atoms with Gasteiger partial charge < -0.3 is 16.0 Å². The van der Waals surface area contributed by atoms with Crippen molar-refractivity contribution in [1.29, 1.82) is 0 Å². The number of hydrogen-bond donors (Lipinski definition) is 3. The number of amides is 3. The summed E-state index contributed by atoms with van der Waals surface area (Å²) in [4.78, 5) is 22.9. The van der Waals surface area contributed by atoms with E-state index in [1.165, 1.54) is 19.1 Å². The van der Waals surface area contributed by atoms with Crippen molar-refractivity contribution in [3.8, 4) is 0 Å². The summed E-state index contributed by atoms with van der Waals surface area (Å²) in [5.74, 6) is -0.811. The van der Waals surface area contributed by atoms with Crippen LogP contribution in [0, 0.1) is 5.82 Å². The largest absolute Gasteiger partial charge is 0.326 e. The monoisotopic (exact) mass is 321 g/mol. The highest BCUT2D eigenvalue weighted by molar-refractivity contribution is 6.30. The zero-order valence-corrected chi connectivity index (χ0v) is 12.4. The molecule has 0 spiro atoms. The zero-order valence-electron chi connectivity index (χ0n) is 11.6. The van der Waals surface area contributed by atoms with Crippen LogP contribution in [0.15, 0.2) is 42.5 Å². The molecule has 3 N–H and O–H groups in total. The van der Waals surface area contributed by atoms with Crippen LogP contribution in [0.1, 0.15) is 6.92 Å². The summed E-state index contributed by atoms with van der Waals surface area (Å²) in [6.07, 6.45) is 0. The van der Waals surface area contributed by atoms with E-state index in [1.54, 1.807) is 24.3 Å². The molecule has 0 saturated heterocycles. The van der Waals surface area contributed by atoms with Gasteiger partial charge in [0.2, 0.25) is 5.91 Å². The molecule has 3 amide bonds. The maximum Gasteiger partial charge on any atom is 0.323 e. The fourth-order valence-electron chi connectivity index (χ4n) is 1.76. The van der Waals surface area contributed by atoms with Gasteiger partial charge in [0, 0.05) is 23.3 Å². The van der Waals surface area contributed by atoms with Gasteiger partial charge in [0.15, 0.2) is 0 Å². The van der Waals surface area contributed by atoms with Crippen molar-refractivity contribution >= 4 is 40.6 Å². The van der Waals surface area contributed by atoms with E-state index in [2.05, 4.69) is 16.0 Å². The van der Waals surface area contributed by atoms with Crippen LogP contribution in [0.3, 0.4) is 0 Å². The lowest BCUT2D eigenvalue weighted by molar-refractivity contribution is -0.114. The molecule has 2 aromatic rings. The average Bonchev–Trinajstić information content (AvgIpc) is 2.42. The van der Waals surface area contributed by atoms with E-state index < -0.39 is 11.8 Å². The van der Waals surface area contributed by atoms with E-state index >= 15 is 0 Å². The van der Waals surface area contributed by atoms with E-state index in [9.17, 15) is 14.0 Å². The molecule has 22 heavy (non-hydrogen) atoms. The molecular weight excluding hydrogens is 309 g/mol. The zero-order chi connectivity index (χ0) is 16.1. The number of rotatable bonds is 3. The number of urea groups is 1. The van der Waals surface area contributed by atoms with Gasteiger partial charge in [-0.05, 0) is 36.4 Å². The van der Waals surface area contributed by atoms with E-state index in [4.69, 9.17) is 11.6 Å². The Hall–Kier alpha value is -2.60. The number of anilines is 3. The van der Waals surface area contributed by atoms with Gasteiger partial charge in [-0.2, -0.15) is 0 Å². The lowest BCUT2D eigenvalue weighted by atomic mass is 10.2. The van der Waals surface area contributed by atoms with Crippen molar-refractivity contribution in [2.45, 2.75) is 6.92 Å². The van der Waals surface area contributed by atoms with Crippen LogP contribution in [0.25, 0.3) is 0 Å². The van der Waals surface area contributed by atoms with Gasteiger partial charge in [0.25, 0.3) is 0 Å². The summed E-state index contributed by atoms with van der Waals surface area (Å²) in [5, 5.41) is 7.81. The van der Waals surface area contributed by atoms with Gasteiger partial charge >= 0.3 is 6.03 Å². The fraction of sp³-hybridized carbons (Fsp3) is 0.0667. The number of halogens is 2. The van der Waals surface area contributed by atoms with Crippen LogP contribution in [0.4, 0.5) is 26.2 Å². The lowest BCUT2D eigenvalue weighted by Gasteiger charge is -2.10. The van der Waals surface area contributed by atoms with Gasteiger partial charge in [0.05, 0.1) is 5.69 Å². The van der Waals surface area contributed by atoms with Crippen LogP contribution in [0.5, 0.6) is 0 Å². The minimum atomic E-state index is -0.624. The second kappa shape index (κ2) is 6.91. The van der Waals surface area contributed by atoms with Gasteiger partial charge in [-0.15, -0.1) is 0 Å². The number of carbonyl (C=O) groups excluding carboxylic acids is 2. The SMILES string of the molecule is CC(=O)Nc1cccc(NC(=O)Nc2cc(Cl)ccc2F)c1. The summed E-state index contributed by atoms with van der Waals surface area (Å²) in [7, 11) is 0. The van der Waals surface area contributed by atoms with Crippen LogP contribution in [0.2, 0.25) is 5.02 Å². The molecule has 114 valence electrons. The molecule has 5 nitrogen and oxygen atoms in total. The van der Waals surface area contributed by atoms with E-state index in [1.807, 2.05) is 0 Å². The molecule has 0 fully saturated rings. The highest BCUT2D eigenvalue weighted by Crippen LogP contribution is 2.20. The standard InChI is InChI=1S/C15H13ClFN3O2/c1-9(21)18-11-3-2-4-12(8-11)19-15(22)20-14-7-10(16)5-6-13(14)17/h2-8H,1H3,(H,18,21)(H2,19,20,22). The van der Waals surface area contributed by atoms with Crippen LogP contribution >= 0.6 is 11.6 Å². The van der Waals surface area contributed by atoms with E-state index in [0.29, 0.717) is 16.4 Å². The first-order valence-electron chi connectivity index (χ1n) is 6.35. The Balaban J connectivity index is 2.05. The minimum absolute atomic E-state index is 0.0250. The average molecular weight is 322 g/mol. The Kier molecular flexibility index (Phi) is 4.95. The molecule has 0 bridgehead atoms. The Morgan fingerprint density at radius 1 is 1.00 bits per heavy atom. The first-order chi connectivity index (χ1) is 10.4. The molecule has 0 aromatic heterocycles. The Labute approximate surface area is 131 Å². The summed E-state index contributed by atoms with van der Waals surface area (Å²) >= 11 is 5.75. The van der Waals surface area contributed by atoms with Crippen LogP contribution in [-0.4, -0.2) is 11.9 Å². The highest BCUT2D eigenvalue weighted by atomic mass is 35.5. The molecule has 7 heteroatoms. The number of benzene rings is 2. The summed E-state index contributed by atoms with van der Waals surface area (Å²) < 4.78 is 13.5. The summed E-state index contributed by atoms with van der Waals surface area (Å²) in [6, 6.07) is 9.80. The second-order valence-corrected chi connectivity index (χ2v) is 4.90. The van der Waals surface area contributed by atoms with Gasteiger partial charge in [0.1, 0.15) is 5.82 Å². The minimum Gasteiger partial charge on any atom is -0.326 e. The Morgan fingerprint density at radius 3 is 2.36 bits per heavy atom. The number of hydrogen-bond acceptors (Lipinski definition) is 2. The molecule has 0 heterocycles. The first-order valence-corrected chi connectivity index (χ1v) is 6.72. The third-order valence-electron chi connectivity index (χ3n) is 2.62. The molecule has 0 radical (unpaired) electrons.